The lowest BCUT2D eigenvalue weighted by Gasteiger charge is -2.35. The second kappa shape index (κ2) is 11.8. The SMILES string of the molecule is O=C(CCN(CCc1ccccc1)C(=O)c1cnccn1)N1CCN(Cc2ccc3c(c2)OCO3)CC1. The van der Waals surface area contributed by atoms with Crippen molar-refractivity contribution in [3.8, 4) is 11.5 Å². The topological polar surface area (TPSA) is 88.1 Å². The molecule has 3 aromatic rings. The van der Waals surface area contributed by atoms with Gasteiger partial charge in [-0.15, -0.1) is 0 Å². The van der Waals surface area contributed by atoms with Gasteiger partial charge in [-0.2, -0.15) is 0 Å². The average molecular weight is 502 g/mol. The minimum Gasteiger partial charge on any atom is -0.454 e. The number of hydrogen-bond donors (Lipinski definition) is 0. The van der Waals surface area contributed by atoms with Gasteiger partial charge in [0.2, 0.25) is 12.7 Å². The number of benzene rings is 2. The Morgan fingerprint density at radius 3 is 2.49 bits per heavy atom. The van der Waals surface area contributed by atoms with E-state index in [0.29, 0.717) is 38.3 Å². The van der Waals surface area contributed by atoms with Crippen LogP contribution >= 0.6 is 0 Å². The molecule has 3 heterocycles. The van der Waals surface area contributed by atoms with Crippen LogP contribution in [0.15, 0.2) is 67.1 Å². The van der Waals surface area contributed by atoms with Gasteiger partial charge >= 0.3 is 0 Å². The molecule has 0 N–H and O–H groups in total. The van der Waals surface area contributed by atoms with Gasteiger partial charge in [-0.25, -0.2) is 4.98 Å². The van der Waals surface area contributed by atoms with Crippen molar-refractivity contribution >= 4 is 11.8 Å². The van der Waals surface area contributed by atoms with Crippen LogP contribution in [0.5, 0.6) is 11.5 Å². The molecular formula is C28H31N5O4. The fraction of sp³-hybridized carbons (Fsp3) is 0.357. The standard InChI is InChI=1S/C28H31N5O4/c34-27(32-16-14-31(15-17-32)20-23-6-7-25-26(18-23)37-21-36-25)9-13-33(12-8-22-4-2-1-3-5-22)28(35)24-19-29-10-11-30-24/h1-7,10-11,18-19H,8-9,12-17,20-21H2. The molecule has 0 bridgehead atoms. The Hall–Kier alpha value is -3.98. The van der Waals surface area contributed by atoms with Crippen LogP contribution in [0.3, 0.4) is 0 Å². The molecule has 1 fully saturated rings. The number of hydrogen-bond acceptors (Lipinski definition) is 7. The molecule has 1 saturated heterocycles. The molecule has 0 unspecified atom stereocenters. The van der Waals surface area contributed by atoms with E-state index in [1.807, 2.05) is 47.4 Å². The van der Waals surface area contributed by atoms with Crippen molar-refractivity contribution in [2.45, 2.75) is 19.4 Å². The van der Waals surface area contributed by atoms with Gasteiger partial charge in [0.15, 0.2) is 11.5 Å². The normalized spacial score (nSPS) is 15.0. The molecule has 9 heteroatoms. The number of piperazine rings is 1. The van der Waals surface area contributed by atoms with Gasteiger partial charge < -0.3 is 19.3 Å². The third-order valence-corrected chi connectivity index (χ3v) is 6.75. The highest BCUT2D eigenvalue weighted by Crippen LogP contribution is 2.32. The van der Waals surface area contributed by atoms with Crippen molar-refractivity contribution in [2.24, 2.45) is 0 Å². The average Bonchev–Trinajstić information content (AvgIpc) is 3.42. The fourth-order valence-corrected chi connectivity index (χ4v) is 4.64. The number of amides is 2. The Balaban J connectivity index is 1.13. The van der Waals surface area contributed by atoms with E-state index >= 15 is 0 Å². The van der Waals surface area contributed by atoms with Gasteiger partial charge in [0, 0.05) is 64.6 Å². The van der Waals surface area contributed by atoms with Crippen molar-refractivity contribution in [2.75, 3.05) is 46.1 Å². The first-order valence-corrected chi connectivity index (χ1v) is 12.6. The molecule has 0 spiro atoms. The van der Waals surface area contributed by atoms with Crippen molar-refractivity contribution < 1.29 is 19.1 Å². The monoisotopic (exact) mass is 501 g/mol. The Kier molecular flexibility index (Phi) is 7.90. The first kappa shape index (κ1) is 24.7. The number of carbonyl (C=O) groups is 2. The summed E-state index contributed by atoms with van der Waals surface area (Å²) in [5.74, 6) is 1.44. The predicted octanol–water partition coefficient (Wildman–Crippen LogP) is 2.62. The molecule has 1 aromatic heterocycles. The maximum absolute atomic E-state index is 13.1. The molecule has 192 valence electrons. The van der Waals surface area contributed by atoms with Gasteiger partial charge in [0.1, 0.15) is 5.69 Å². The van der Waals surface area contributed by atoms with E-state index in [2.05, 4.69) is 20.9 Å². The first-order valence-electron chi connectivity index (χ1n) is 12.6. The highest BCUT2D eigenvalue weighted by atomic mass is 16.7. The van der Waals surface area contributed by atoms with E-state index in [1.165, 1.54) is 18.0 Å². The maximum atomic E-state index is 13.1. The van der Waals surface area contributed by atoms with Gasteiger partial charge in [0.25, 0.3) is 5.91 Å². The Morgan fingerprint density at radius 1 is 0.892 bits per heavy atom. The second-order valence-electron chi connectivity index (χ2n) is 9.21. The lowest BCUT2D eigenvalue weighted by Crippen LogP contribution is -2.49. The van der Waals surface area contributed by atoms with Gasteiger partial charge in [-0.1, -0.05) is 36.4 Å². The van der Waals surface area contributed by atoms with Crippen LogP contribution in [0.4, 0.5) is 0 Å². The van der Waals surface area contributed by atoms with Gasteiger partial charge in [0.05, 0.1) is 6.20 Å². The van der Waals surface area contributed by atoms with E-state index in [0.717, 1.165) is 36.7 Å². The van der Waals surface area contributed by atoms with Crippen molar-refractivity contribution in [1.29, 1.82) is 0 Å². The van der Waals surface area contributed by atoms with Crippen LogP contribution in [0, 0.1) is 0 Å². The minimum absolute atomic E-state index is 0.0689. The lowest BCUT2D eigenvalue weighted by molar-refractivity contribution is -0.133. The maximum Gasteiger partial charge on any atom is 0.274 e. The molecule has 0 atom stereocenters. The summed E-state index contributed by atoms with van der Waals surface area (Å²) in [7, 11) is 0. The van der Waals surface area contributed by atoms with Gasteiger partial charge in [-0.05, 0) is 29.7 Å². The van der Waals surface area contributed by atoms with Crippen LogP contribution in [0.1, 0.15) is 28.0 Å². The zero-order valence-corrected chi connectivity index (χ0v) is 20.8. The van der Waals surface area contributed by atoms with E-state index in [4.69, 9.17) is 9.47 Å². The number of rotatable bonds is 9. The smallest absolute Gasteiger partial charge is 0.274 e. The summed E-state index contributed by atoms with van der Waals surface area (Å²) in [6.45, 7) is 4.88. The summed E-state index contributed by atoms with van der Waals surface area (Å²) in [5, 5.41) is 0. The summed E-state index contributed by atoms with van der Waals surface area (Å²) in [5.41, 5.74) is 2.60. The van der Waals surface area contributed by atoms with Crippen LogP contribution in [0.25, 0.3) is 0 Å². The van der Waals surface area contributed by atoms with E-state index in [-0.39, 0.29) is 25.0 Å². The van der Waals surface area contributed by atoms with E-state index in [9.17, 15) is 9.59 Å². The molecule has 2 aliphatic rings. The zero-order valence-electron chi connectivity index (χ0n) is 20.8. The summed E-state index contributed by atoms with van der Waals surface area (Å²) in [6, 6.07) is 16.1. The predicted molar refractivity (Wildman–Crippen MR) is 137 cm³/mol. The van der Waals surface area contributed by atoms with Crippen molar-refractivity contribution in [3.05, 3.63) is 83.9 Å². The molecule has 0 radical (unpaired) electrons. The zero-order chi connectivity index (χ0) is 25.5. The van der Waals surface area contributed by atoms with Crippen molar-refractivity contribution in [3.63, 3.8) is 0 Å². The quantitative estimate of drug-likeness (QED) is 0.445. The molecule has 2 aromatic carbocycles. The molecule has 0 aliphatic carbocycles. The summed E-state index contributed by atoms with van der Waals surface area (Å²) < 4.78 is 10.9. The van der Waals surface area contributed by atoms with Crippen LogP contribution < -0.4 is 9.47 Å². The number of aromatic nitrogens is 2. The Labute approximate surface area is 216 Å². The van der Waals surface area contributed by atoms with Crippen LogP contribution in [-0.2, 0) is 17.8 Å². The summed E-state index contributed by atoms with van der Waals surface area (Å²) in [4.78, 5) is 40.3. The third kappa shape index (κ3) is 6.42. The first-order chi connectivity index (χ1) is 18.2. The van der Waals surface area contributed by atoms with Gasteiger partial charge in [-0.3, -0.25) is 19.5 Å². The number of ether oxygens (including phenoxy) is 2. The Morgan fingerprint density at radius 2 is 1.70 bits per heavy atom. The molecule has 9 nitrogen and oxygen atoms in total. The molecule has 5 rings (SSSR count). The van der Waals surface area contributed by atoms with E-state index < -0.39 is 0 Å². The summed E-state index contributed by atoms with van der Waals surface area (Å²) >= 11 is 0. The van der Waals surface area contributed by atoms with Crippen molar-refractivity contribution in [1.82, 2.24) is 24.7 Å². The van der Waals surface area contributed by atoms with Crippen LogP contribution in [0.2, 0.25) is 0 Å². The fourth-order valence-electron chi connectivity index (χ4n) is 4.64. The molecular weight excluding hydrogens is 470 g/mol. The highest BCUT2D eigenvalue weighted by molar-refractivity contribution is 5.92. The minimum atomic E-state index is -0.203. The Bertz CT molecular complexity index is 1200. The van der Waals surface area contributed by atoms with Crippen LogP contribution in [-0.4, -0.2) is 82.5 Å². The number of fused-ring (bicyclic) bond motifs is 1. The molecule has 37 heavy (non-hydrogen) atoms. The second-order valence-corrected chi connectivity index (χ2v) is 9.21. The molecule has 0 saturated carbocycles. The lowest BCUT2D eigenvalue weighted by atomic mass is 10.1. The molecule has 2 amide bonds. The van der Waals surface area contributed by atoms with E-state index in [1.54, 1.807) is 11.1 Å². The molecule has 2 aliphatic heterocycles. The highest BCUT2D eigenvalue weighted by Gasteiger charge is 2.24. The summed E-state index contributed by atoms with van der Waals surface area (Å²) in [6.07, 6.45) is 5.51. The number of carbonyl (C=O) groups excluding carboxylic acids is 2. The number of nitrogens with zero attached hydrogens (tertiary/aromatic N) is 5. The third-order valence-electron chi connectivity index (χ3n) is 6.75. The largest absolute Gasteiger partial charge is 0.454 e.